The van der Waals surface area contributed by atoms with Crippen LogP contribution in [0.5, 0.6) is 5.75 Å². The van der Waals surface area contributed by atoms with Crippen molar-refractivity contribution in [1.82, 2.24) is 10.0 Å². The van der Waals surface area contributed by atoms with E-state index >= 15 is 0 Å². The second-order valence-electron chi connectivity index (χ2n) is 7.44. The lowest BCUT2D eigenvalue weighted by atomic mass is 9.86. The van der Waals surface area contributed by atoms with Crippen LogP contribution in [0.1, 0.15) is 45.2 Å². The highest BCUT2D eigenvalue weighted by Crippen LogP contribution is 2.42. The van der Waals surface area contributed by atoms with Crippen molar-refractivity contribution in [2.24, 2.45) is 5.92 Å². The normalized spacial score (nSPS) is 18.4. The summed E-state index contributed by atoms with van der Waals surface area (Å²) in [6.45, 7) is 11.8. The molecule has 0 saturated carbocycles. The molecule has 0 spiro atoms. The lowest BCUT2D eigenvalue weighted by Gasteiger charge is -2.35. The fourth-order valence-electron chi connectivity index (χ4n) is 2.97. The molecular formula is C19H28Cl2N2O2S. The Hall–Kier alpha value is -0.430. The average molecular weight is 419 g/mol. The van der Waals surface area contributed by atoms with E-state index in [9.17, 15) is 4.55 Å². The maximum absolute atomic E-state index is 12.9. The molecule has 0 aromatic heterocycles. The quantitative estimate of drug-likeness (QED) is 0.499. The van der Waals surface area contributed by atoms with E-state index < -0.39 is 16.1 Å². The van der Waals surface area contributed by atoms with Crippen LogP contribution in [0.15, 0.2) is 24.8 Å². The van der Waals surface area contributed by atoms with Crippen molar-refractivity contribution in [2.45, 2.75) is 44.4 Å². The molecule has 26 heavy (non-hydrogen) atoms. The summed E-state index contributed by atoms with van der Waals surface area (Å²) in [6.07, 6.45) is 3.61. The summed E-state index contributed by atoms with van der Waals surface area (Å²) >= 11 is 11.7. The first kappa shape index (κ1) is 21.9. The van der Waals surface area contributed by atoms with Gasteiger partial charge >= 0.3 is 0 Å². The van der Waals surface area contributed by atoms with E-state index in [0.29, 0.717) is 22.4 Å². The van der Waals surface area contributed by atoms with Gasteiger partial charge in [-0.1, -0.05) is 35.9 Å². The summed E-state index contributed by atoms with van der Waals surface area (Å²) < 4.78 is 21.6. The van der Waals surface area contributed by atoms with Crippen molar-refractivity contribution in [3.63, 3.8) is 0 Å². The highest BCUT2D eigenvalue weighted by Gasteiger charge is 2.37. The first-order valence-electron chi connectivity index (χ1n) is 8.86. The summed E-state index contributed by atoms with van der Waals surface area (Å²) in [5, 5.41) is 4.29. The number of piperidine rings is 1. The lowest BCUT2D eigenvalue weighted by Crippen LogP contribution is -2.45. The van der Waals surface area contributed by atoms with Gasteiger partial charge in [0.1, 0.15) is 17.1 Å². The van der Waals surface area contributed by atoms with Gasteiger partial charge in [0.2, 0.25) is 0 Å². The molecule has 1 aliphatic rings. The van der Waals surface area contributed by atoms with Gasteiger partial charge in [-0.15, -0.1) is 4.72 Å². The Morgan fingerprint density at radius 1 is 1.38 bits per heavy atom. The van der Waals surface area contributed by atoms with E-state index in [4.69, 9.17) is 27.9 Å². The number of benzene rings is 1. The minimum atomic E-state index is -1.25. The molecule has 146 valence electrons. The summed E-state index contributed by atoms with van der Waals surface area (Å²) in [5.74, 6) is 0.936. The molecule has 2 rings (SSSR count). The first-order valence-corrected chi connectivity index (χ1v) is 10.8. The molecule has 2 atom stereocenters. The summed E-state index contributed by atoms with van der Waals surface area (Å²) in [5.41, 5.74) is 0.783. The Morgan fingerprint density at radius 3 is 2.62 bits per heavy atom. The van der Waals surface area contributed by atoms with Gasteiger partial charge in [-0.3, -0.25) is 0 Å². The standard InChI is InChI=1S/C19H28Cl2N2O2S/c1-5-12-25-15-7-6-14(20)17(21)16(15)18(13-8-10-22-11-9-13)23-26(24)19(2,3)4/h5-7,13,18,22-23H,1,8-12H2,2-4H3/t18-,26+/m1/s1. The van der Waals surface area contributed by atoms with E-state index in [-0.39, 0.29) is 12.0 Å². The van der Waals surface area contributed by atoms with E-state index in [1.54, 1.807) is 12.1 Å². The van der Waals surface area contributed by atoms with Gasteiger partial charge in [-0.05, 0) is 64.8 Å². The Labute approximate surface area is 170 Å². The summed E-state index contributed by atoms with van der Waals surface area (Å²) in [7, 11) is 0. The van der Waals surface area contributed by atoms with Gasteiger partial charge in [0.25, 0.3) is 0 Å². The SMILES string of the molecule is C=CCOc1ccc(Cl)c(Cl)c1[C@H](N[S@@+]([O-])C(C)(C)C)C1CCNCC1. The minimum Gasteiger partial charge on any atom is -0.598 e. The van der Waals surface area contributed by atoms with Gasteiger partial charge in [0.05, 0.1) is 16.1 Å². The minimum absolute atomic E-state index is 0.205. The number of nitrogens with one attached hydrogen (secondary N) is 2. The molecule has 1 fully saturated rings. The third-order valence-electron chi connectivity index (χ3n) is 4.41. The highest BCUT2D eigenvalue weighted by atomic mass is 35.5. The number of rotatable bonds is 7. The smallest absolute Gasteiger partial charge is 0.136 e. The Kier molecular flexibility index (Phi) is 8.13. The van der Waals surface area contributed by atoms with Gasteiger partial charge in [0, 0.05) is 16.9 Å². The average Bonchev–Trinajstić information content (AvgIpc) is 2.61. The number of hydrogen-bond acceptors (Lipinski definition) is 4. The van der Waals surface area contributed by atoms with Crippen molar-refractivity contribution >= 4 is 34.6 Å². The molecule has 4 nitrogen and oxygen atoms in total. The maximum atomic E-state index is 12.9. The molecule has 7 heteroatoms. The molecule has 0 aliphatic carbocycles. The third kappa shape index (κ3) is 5.54. The molecule has 1 saturated heterocycles. The van der Waals surface area contributed by atoms with E-state index in [1.165, 1.54) is 0 Å². The van der Waals surface area contributed by atoms with Crippen molar-refractivity contribution in [3.8, 4) is 5.75 Å². The van der Waals surface area contributed by atoms with Crippen LogP contribution in [-0.2, 0) is 11.4 Å². The maximum Gasteiger partial charge on any atom is 0.136 e. The molecular weight excluding hydrogens is 391 g/mol. The Morgan fingerprint density at radius 2 is 2.04 bits per heavy atom. The van der Waals surface area contributed by atoms with Crippen LogP contribution in [0, 0.1) is 5.92 Å². The second kappa shape index (κ2) is 9.67. The molecule has 1 heterocycles. The zero-order chi connectivity index (χ0) is 19.3. The third-order valence-corrected chi connectivity index (χ3v) is 6.81. The van der Waals surface area contributed by atoms with Gasteiger partial charge in [-0.25, -0.2) is 0 Å². The van der Waals surface area contributed by atoms with Gasteiger partial charge in [0.15, 0.2) is 0 Å². The van der Waals surface area contributed by atoms with Crippen LogP contribution < -0.4 is 14.8 Å². The topological polar surface area (TPSA) is 56.3 Å². The second-order valence-corrected chi connectivity index (χ2v) is 10.2. The molecule has 1 aromatic rings. The van der Waals surface area contributed by atoms with Gasteiger partial charge in [-0.2, -0.15) is 0 Å². The van der Waals surface area contributed by atoms with Crippen LogP contribution in [0.3, 0.4) is 0 Å². The largest absolute Gasteiger partial charge is 0.598 e. The molecule has 2 N–H and O–H groups in total. The van der Waals surface area contributed by atoms with E-state index in [1.807, 2.05) is 26.8 Å². The summed E-state index contributed by atoms with van der Waals surface area (Å²) in [6, 6.07) is 3.35. The van der Waals surface area contributed by atoms with E-state index in [2.05, 4.69) is 16.6 Å². The molecule has 1 aliphatic heterocycles. The fourth-order valence-corrected chi connectivity index (χ4v) is 4.31. The zero-order valence-electron chi connectivity index (χ0n) is 15.6. The molecule has 1 aromatic carbocycles. The van der Waals surface area contributed by atoms with Crippen LogP contribution in [-0.4, -0.2) is 29.0 Å². The number of halogens is 2. The van der Waals surface area contributed by atoms with Crippen molar-refractivity contribution in [2.75, 3.05) is 19.7 Å². The molecule has 0 radical (unpaired) electrons. The summed E-state index contributed by atoms with van der Waals surface area (Å²) in [4.78, 5) is 0. The van der Waals surface area contributed by atoms with Crippen molar-refractivity contribution in [1.29, 1.82) is 0 Å². The number of ether oxygens (including phenoxy) is 1. The molecule has 0 unspecified atom stereocenters. The zero-order valence-corrected chi connectivity index (χ0v) is 17.9. The monoisotopic (exact) mass is 418 g/mol. The Bertz CT molecular complexity index is 616. The number of hydrogen-bond donors (Lipinski definition) is 2. The fraction of sp³-hybridized carbons (Fsp3) is 0.579. The molecule has 0 amide bonds. The first-order chi connectivity index (χ1) is 12.3. The predicted molar refractivity (Wildman–Crippen MR) is 112 cm³/mol. The van der Waals surface area contributed by atoms with E-state index in [0.717, 1.165) is 31.5 Å². The lowest BCUT2D eigenvalue weighted by molar-refractivity contribution is 0.292. The van der Waals surface area contributed by atoms with Crippen molar-refractivity contribution in [3.05, 3.63) is 40.4 Å². The predicted octanol–water partition coefficient (Wildman–Crippen LogP) is 4.65. The van der Waals surface area contributed by atoms with Crippen LogP contribution in [0.25, 0.3) is 0 Å². The highest BCUT2D eigenvalue weighted by molar-refractivity contribution is 7.90. The Balaban J connectivity index is 2.45. The van der Waals surface area contributed by atoms with Crippen LogP contribution in [0.2, 0.25) is 10.0 Å². The van der Waals surface area contributed by atoms with Gasteiger partial charge < -0.3 is 14.6 Å². The molecule has 0 bridgehead atoms. The van der Waals surface area contributed by atoms with Crippen LogP contribution in [0.4, 0.5) is 0 Å². The van der Waals surface area contributed by atoms with Crippen molar-refractivity contribution < 1.29 is 9.29 Å². The van der Waals surface area contributed by atoms with Crippen LogP contribution >= 0.6 is 23.2 Å².